The molecule has 172 valence electrons. The zero-order valence-corrected chi connectivity index (χ0v) is 20.2. The van der Waals surface area contributed by atoms with Crippen molar-refractivity contribution in [3.05, 3.63) is 76.0 Å². The first-order chi connectivity index (χ1) is 16.0. The Kier molecular flexibility index (Phi) is 7.25. The number of thioether (sulfide) groups is 1. The number of ether oxygens (including phenoxy) is 2. The van der Waals surface area contributed by atoms with E-state index in [-0.39, 0.29) is 0 Å². The molecule has 0 amide bonds. The molecule has 0 bridgehead atoms. The zero-order chi connectivity index (χ0) is 23.4. The number of aromatic nitrogens is 3. The van der Waals surface area contributed by atoms with Crippen LogP contribution in [0.3, 0.4) is 0 Å². The molecule has 2 aromatic carbocycles. The maximum Gasteiger partial charge on any atom is 0.338 e. The highest BCUT2D eigenvalue weighted by molar-refractivity contribution is 7.98. The van der Waals surface area contributed by atoms with Crippen molar-refractivity contribution in [1.82, 2.24) is 14.8 Å². The smallest absolute Gasteiger partial charge is 0.338 e. The van der Waals surface area contributed by atoms with E-state index in [0.29, 0.717) is 45.5 Å². The summed E-state index contributed by atoms with van der Waals surface area (Å²) in [7, 11) is 1.38. The van der Waals surface area contributed by atoms with Crippen molar-refractivity contribution in [3.8, 4) is 5.75 Å². The monoisotopic (exact) mass is 484 g/mol. The number of hydrogen-bond donors (Lipinski definition) is 1. The first kappa shape index (κ1) is 23.2. The molecule has 1 unspecified atom stereocenters. The minimum Gasteiger partial charge on any atom is -0.493 e. The van der Waals surface area contributed by atoms with Gasteiger partial charge in [-0.1, -0.05) is 66.7 Å². The van der Waals surface area contributed by atoms with Crippen molar-refractivity contribution >= 4 is 35.3 Å². The number of allylic oxidation sites excluding steroid dienone is 1. The number of para-hydroxylation sites is 1. The fourth-order valence-corrected chi connectivity index (χ4v) is 4.78. The Labute approximate surface area is 202 Å². The third kappa shape index (κ3) is 4.86. The number of benzene rings is 2. The molecule has 2 heterocycles. The molecule has 0 fully saturated rings. The molecular formula is C24H25ClN4O3S. The van der Waals surface area contributed by atoms with E-state index in [4.69, 9.17) is 26.2 Å². The Morgan fingerprint density at radius 3 is 2.73 bits per heavy atom. The van der Waals surface area contributed by atoms with Gasteiger partial charge >= 0.3 is 5.97 Å². The van der Waals surface area contributed by atoms with Crippen molar-refractivity contribution in [2.45, 2.75) is 37.2 Å². The normalized spacial score (nSPS) is 15.1. The van der Waals surface area contributed by atoms with Gasteiger partial charge in [-0.3, -0.25) is 0 Å². The molecule has 7 nitrogen and oxygen atoms in total. The topological polar surface area (TPSA) is 78.3 Å². The van der Waals surface area contributed by atoms with Crippen LogP contribution in [0, 0.1) is 0 Å². The van der Waals surface area contributed by atoms with E-state index in [2.05, 4.69) is 17.2 Å². The van der Waals surface area contributed by atoms with E-state index in [1.165, 1.54) is 18.9 Å². The molecular weight excluding hydrogens is 460 g/mol. The summed E-state index contributed by atoms with van der Waals surface area (Å²) in [5, 5.41) is 9.23. The average Bonchev–Trinajstić information content (AvgIpc) is 3.23. The number of rotatable bonds is 8. The number of nitrogens with zero attached hydrogens (tertiary/aromatic N) is 3. The Morgan fingerprint density at radius 1 is 1.21 bits per heavy atom. The molecule has 1 atom stereocenters. The van der Waals surface area contributed by atoms with Crippen LogP contribution < -0.4 is 10.1 Å². The second kappa shape index (κ2) is 10.3. The maximum absolute atomic E-state index is 12.8. The maximum atomic E-state index is 12.8. The number of halogens is 1. The number of methoxy groups -OCH3 is 1. The minimum absolute atomic E-state index is 0.429. The largest absolute Gasteiger partial charge is 0.493 e. The highest BCUT2D eigenvalue weighted by Gasteiger charge is 2.36. The molecule has 1 aliphatic heterocycles. The summed E-state index contributed by atoms with van der Waals surface area (Å²) in [6.07, 6.45) is 0.872. The summed E-state index contributed by atoms with van der Waals surface area (Å²) in [4.78, 5) is 17.5. The van der Waals surface area contributed by atoms with E-state index in [1.54, 1.807) is 4.68 Å². The number of hydrogen-bond acceptors (Lipinski definition) is 7. The van der Waals surface area contributed by atoms with Gasteiger partial charge in [0.05, 0.1) is 19.3 Å². The average molecular weight is 485 g/mol. The molecule has 1 aromatic heterocycles. The molecule has 3 aromatic rings. The van der Waals surface area contributed by atoms with Gasteiger partial charge in [0.15, 0.2) is 0 Å². The number of fused-ring (bicyclic) bond motifs is 1. The fourth-order valence-electron chi connectivity index (χ4n) is 3.66. The third-order valence-corrected chi connectivity index (χ3v) is 6.48. The van der Waals surface area contributed by atoms with E-state index in [9.17, 15) is 4.79 Å². The molecule has 0 saturated carbocycles. The van der Waals surface area contributed by atoms with Gasteiger partial charge in [-0.2, -0.15) is 4.98 Å². The van der Waals surface area contributed by atoms with Crippen LogP contribution in [0.1, 0.15) is 37.4 Å². The predicted molar refractivity (Wildman–Crippen MR) is 130 cm³/mol. The molecule has 9 heteroatoms. The highest BCUT2D eigenvalue weighted by atomic mass is 35.5. The van der Waals surface area contributed by atoms with Crippen molar-refractivity contribution in [2.75, 3.05) is 19.0 Å². The first-order valence-electron chi connectivity index (χ1n) is 10.6. The second-order valence-electron chi connectivity index (χ2n) is 7.49. The molecule has 0 aliphatic carbocycles. The summed E-state index contributed by atoms with van der Waals surface area (Å²) >= 11 is 7.78. The molecule has 4 rings (SSSR count). The standard InChI is InChI=1S/C24H25ClN4O3S/c1-4-13-32-19-12-8-6-10-17(19)21-20(22(30)31-3)15(2)26-23-27-24(28-29(21)23)33-14-16-9-5-7-11-18(16)25/h5-12,21H,4,13-14H2,1-3H3,(H,26,27,28). The van der Waals surface area contributed by atoms with Crippen molar-refractivity contribution in [1.29, 1.82) is 0 Å². The lowest BCUT2D eigenvalue weighted by Gasteiger charge is -2.28. The molecule has 0 saturated heterocycles. The zero-order valence-electron chi connectivity index (χ0n) is 18.7. The lowest BCUT2D eigenvalue weighted by molar-refractivity contribution is -0.136. The van der Waals surface area contributed by atoms with Gasteiger partial charge in [0.2, 0.25) is 11.1 Å². The van der Waals surface area contributed by atoms with Gasteiger partial charge in [0.1, 0.15) is 11.8 Å². The van der Waals surface area contributed by atoms with Crippen LogP contribution in [-0.4, -0.2) is 34.5 Å². The molecule has 1 N–H and O–H groups in total. The van der Waals surface area contributed by atoms with E-state index in [1.807, 2.05) is 55.5 Å². The Balaban J connectivity index is 1.73. The van der Waals surface area contributed by atoms with Crippen LogP contribution in [-0.2, 0) is 15.3 Å². The summed E-state index contributed by atoms with van der Waals surface area (Å²) in [6.45, 7) is 4.46. The number of esters is 1. The van der Waals surface area contributed by atoms with Gasteiger partial charge < -0.3 is 14.8 Å². The Hall–Kier alpha value is -2.97. The Morgan fingerprint density at radius 2 is 1.97 bits per heavy atom. The molecule has 33 heavy (non-hydrogen) atoms. The summed E-state index contributed by atoms with van der Waals surface area (Å²) < 4.78 is 12.8. The number of carbonyl (C=O) groups excluding carboxylic acids is 1. The van der Waals surface area contributed by atoms with Crippen LogP contribution in [0.25, 0.3) is 0 Å². The lowest BCUT2D eigenvalue weighted by atomic mass is 9.95. The van der Waals surface area contributed by atoms with Gasteiger partial charge in [-0.05, 0) is 31.0 Å². The van der Waals surface area contributed by atoms with Crippen LogP contribution in [0.4, 0.5) is 5.95 Å². The second-order valence-corrected chi connectivity index (χ2v) is 8.84. The summed E-state index contributed by atoms with van der Waals surface area (Å²) in [5.74, 6) is 1.45. The number of carbonyl (C=O) groups is 1. The minimum atomic E-state index is -0.538. The quantitative estimate of drug-likeness (QED) is 0.335. The van der Waals surface area contributed by atoms with E-state index in [0.717, 1.165) is 17.5 Å². The predicted octanol–water partition coefficient (Wildman–Crippen LogP) is 5.47. The highest BCUT2D eigenvalue weighted by Crippen LogP contribution is 2.40. The van der Waals surface area contributed by atoms with Crippen LogP contribution in [0.15, 0.2) is 65.0 Å². The molecule has 1 aliphatic rings. The van der Waals surface area contributed by atoms with Crippen molar-refractivity contribution in [3.63, 3.8) is 0 Å². The Bertz CT molecular complexity index is 1190. The van der Waals surface area contributed by atoms with Gasteiger partial charge in [0.25, 0.3) is 0 Å². The molecule has 0 spiro atoms. The fraction of sp³-hybridized carbons (Fsp3) is 0.292. The van der Waals surface area contributed by atoms with E-state index < -0.39 is 12.0 Å². The van der Waals surface area contributed by atoms with Gasteiger partial charge in [0, 0.05) is 22.0 Å². The van der Waals surface area contributed by atoms with Crippen LogP contribution in [0.5, 0.6) is 5.75 Å². The third-order valence-electron chi connectivity index (χ3n) is 5.23. The van der Waals surface area contributed by atoms with Crippen LogP contribution >= 0.6 is 23.4 Å². The van der Waals surface area contributed by atoms with Crippen molar-refractivity contribution < 1.29 is 14.3 Å². The summed E-state index contributed by atoms with van der Waals surface area (Å²) in [6, 6.07) is 14.8. The molecule has 0 radical (unpaired) electrons. The van der Waals surface area contributed by atoms with E-state index >= 15 is 0 Å². The lowest BCUT2D eigenvalue weighted by Crippen LogP contribution is -2.29. The SMILES string of the molecule is CCCOc1ccccc1C1C(C(=O)OC)=C(C)Nc2nc(SCc3ccccc3Cl)nn21. The number of anilines is 1. The van der Waals surface area contributed by atoms with Gasteiger partial charge in [-0.15, -0.1) is 5.10 Å². The van der Waals surface area contributed by atoms with Crippen molar-refractivity contribution in [2.24, 2.45) is 0 Å². The summed E-state index contributed by atoms with van der Waals surface area (Å²) in [5.41, 5.74) is 2.95. The number of nitrogens with one attached hydrogen (secondary N) is 1. The first-order valence-corrected chi connectivity index (χ1v) is 12.0. The van der Waals surface area contributed by atoms with Crippen LogP contribution in [0.2, 0.25) is 5.02 Å². The van der Waals surface area contributed by atoms with Gasteiger partial charge in [-0.25, -0.2) is 9.48 Å².